The van der Waals surface area contributed by atoms with Gasteiger partial charge in [0.2, 0.25) is 0 Å². The van der Waals surface area contributed by atoms with E-state index in [-0.39, 0.29) is 6.04 Å². The minimum absolute atomic E-state index is 0.00575. The van der Waals surface area contributed by atoms with Crippen LogP contribution in [0.5, 0.6) is 0 Å². The smallest absolute Gasteiger partial charge is 0.282 e. The predicted octanol–water partition coefficient (Wildman–Crippen LogP) is 1.09. The minimum Gasteiger partial charge on any atom is -0.385 e. The topological polar surface area (TPSA) is 59.1 Å². The Morgan fingerprint density at radius 3 is 2.38 bits per heavy atom. The lowest BCUT2D eigenvalue weighted by Crippen LogP contribution is -2.49. The van der Waals surface area contributed by atoms with Crippen LogP contribution in [0.25, 0.3) is 0 Å². The van der Waals surface area contributed by atoms with Gasteiger partial charge in [-0.1, -0.05) is 0 Å². The van der Waals surface area contributed by atoms with E-state index < -0.39 is 10.2 Å². The molecule has 2 fully saturated rings. The molecule has 2 saturated heterocycles. The summed E-state index contributed by atoms with van der Waals surface area (Å²) in [5, 5.41) is 0. The number of piperidine rings is 1. The molecule has 2 aliphatic heterocycles. The standard InChI is InChI=1S/C14H28N2O4S/c1-19-11-7-13-5-9-15(10-6-13)21(17,18)16-8-3-4-14(16)12-20-2/h13-14H,3-12H2,1-2H3. The van der Waals surface area contributed by atoms with Crippen LogP contribution in [0.2, 0.25) is 0 Å². The molecule has 0 radical (unpaired) electrons. The Kier molecular flexibility index (Phi) is 6.43. The summed E-state index contributed by atoms with van der Waals surface area (Å²) >= 11 is 0. The molecule has 1 atom stereocenters. The summed E-state index contributed by atoms with van der Waals surface area (Å²) in [7, 11) is 0.0190. The highest BCUT2D eigenvalue weighted by Gasteiger charge is 2.39. The van der Waals surface area contributed by atoms with Crippen molar-refractivity contribution in [3.8, 4) is 0 Å². The first kappa shape index (κ1) is 17.1. The van der Waals surface area contributed by atoms with Crippen LogP contribution in [0.3, 0.4) is 0 Å². The molecule has 1 unspecified atom stereocenters. The van der Waals surface area contributed by atoms with E-state index in [9.17, 15) is 8.42 Å². The number of methoxy groups -OCH3 is 2. The average Bonchev–Trinajstić information content (AvgIpc) is 2.95. The third-order valence-electron chi connectivity index (χ3n) is 4.61. The maximum absolute atomic E-state index is 12.8. The fourth-order valence-corrected chi connectivity index (χ4v) is 5.21. The molecule has 0 amide bonds. The van der Waals surface area contributed by atoms with Crippen LogP contribution in [0.15, 0.2) is 0 Å². The number of ether oxygens (including phenoxy) is 2. The van der Waals surface area contributed by atoms with Gasteiger partial charge in [-0.15, -0.1) is 0 Å². The summed E-state index contributed by atoms with van der Waals surface area (Å²) in [6.45, 7) is 3.14. The fraction of sp³-hybridized carbons (Fsp3) is 1.00. The van der Waals surface area contributed by atoms with Gasteiger partial charge in [-0.3, -0.25) is 0 Å². The maximum Gasteiger partial charge on any atom is 0.282 e. The zero-order valence-corrected chi connectivity index (χ0v) is 14.0. The van der Waals surface area contributed by atoms with Crippen molar-refractivity contribution in [2.75, 3.05) is 47.1 Å². The maximum atomic E-state index is 12.8. The van der Waals surface area contributed by atoms with Crippen molar-refractivity contribution in [3.63, 3.8) is 0 Å². The molecular weight excluding hydrogens is 292 g/mol. The zero-order valence-electron chi connectivity index (χ0n) is 13.2. The molecule has 2 aliphatic rings. The summed E-state index contributed by atoms with van der Waals surface area (Å²) in [6, 6.07) is 0.00575. The van der Waals surface area contributed by atoms with Gasteiger partial charge in [-0.05, 0) is 38.0 Å². The molecule has 6 nitrogen and oxygen atoms in total. The molecule has 0 saturated carbocycles. The van der Waals surface area contributed by atoms with E-state index in [4.69, 9.17) is 9.47 Å². The van der Waals surface area contributed by atoms with Crippen LogP contribution in [0.4, 0.5) is 0 Å². The second-order valence-corrected chi connectivity index (χ2v) is 7.87. The molecule has 0 aromatic carbocycles. The molecule has 2 heterocycles. The number of nitrogens with zero attached hydrogens (tertiary/aromatic N) is 2. The summed E-state index contributed by atoms with van der Waals surface area (Å²) in [5.41, 5.74) is 0. The van der Waals surface area contributed by atoms with Crippen molar-refractivity contribution in [1.29, 1.82) is 0 Å². The van der Waals surface area contributed by atoms with Crippen molar-refractivity contribution in [1.82, 2.24) is 8.61 Å². The third-order valence-corrected chi connectivity index (χ3v) is 6.70. The predicted molar refractivity (Wildman–Crippen MR) is 81.3 cm³/mol. The van der Waals surface area contributed by atoms with Gasteiger partial charge in [-0.25, -0.2) is 0 Å². The van der Waals surface area contributed by atoms with Crippen LogP contribution < -0.4 is 0 Å². The van der Waals surface area contributed by atoms with Crippen molar-refractivity contribution in [2.45, 2.75) is 38.1 Å². The first-order valence-electron chi connectivity index (χ1n) is 7.84. The minimum atomic E-state index is -3.32. The second kappa shape index (κ2) is 7.87. The largest absolute Gasteiger partial charge is 0.385 e. The first-order valence-corrected chi connectivity index (χ1v) is 9.24. The van der Waals surface area contributed by atoms with Crippen molar-refractivity contribution >= 4 is 10.2 Å². The third kappa shape index (κ3) is 4.16. The van der Waals surface area contributed by atoms with Gasteiger partial charge >= 0.3 is 0 Å². The zero-order chi connectivity index (χ0) is 15.3. The van der Waals surface area contributed by atoms with Gasteiger partial charge in [0, 0.05) is 46.5 Å². The van der Waals surface area contributed by atoms with Gasteiger partial charge in [0.05, 0.1) is 6.61 Å². The van der Waals surface area contributed by atoms with Gasteiger partial charge in [-0.2, -0.15) is 17.0 Å². The molecule has 21 heavy (non-hydrogen) atoms. The summed E-state index contributed by atoms with van der Waals surface area (Å²) < 4.78 is 39.1. The summed E-state index contributed by atoms with van der Waals surface area (Å²) in [5.74, 6) is 0.588. The highest BCUT2D eigenvalue weighted by Crippen LogP contribution is 2.28. The normalized spacial score (nSPS) is 26.5. The Hall–Kier alpha value is -0.210. The van der Waals surface area contributed by atoms with Crippen molar-refractivity contribution < 1.29 is 17.9 Å². The van der Waals surface area contributed by atoms with E-state index in [2.05, 4.69) is 0 Å². The molecule has 0 aromatic rings. The van der Waals surface area contributed by atoms with Crippen molar-refractivity contribution in [2.24, 2.45) is 5.92 Å². The lowest BCUT2D eigenvalue weighted by atomic mass is 9.95. The molecule has 0 bridgehead atoms. The summed E-state index contributed by atoms with van der Waals surface area (Å²) in [6.07, 6.45) is 4.73. The number of hydrogen-bond donors (Lipinski definition) is 0. The quantitative estimate of drug-likeness (QED) is 0.704. The highest BCUT2D eigenvalue weighted by molar-refractivity contribution is 7.86. The Labute approximate surface area is 128 Å². The van der Waals surface area contributed by atoms with Crippen LogP contribution in [-0.2, 0) is 19.7 Å². The van der Waals surface area contributed by atoms with E-state index in [0.29, 0.717) is 32.2 Å². The average molecular weight is 320 g/mol. The number of rotatable bonds is 7. The van der Waals surface area contributed by atoms with Crippen LogP contribution >= 0.6 is 0 Å². The molecule has 124 valence electrons. The van der Waals surface area contributed by atoms with E-state index in [1.165, 1.54) is 0 Å². The molecule has 0 N–H and O–H groups in total. The van der Waals surface area contributed by atoms with Gasteiger partial charge in [0.15, 0.2) is 0 Å². The Bertz CT molecular complexity index is 407. The molecule has 0 aliphatic carbocycles. The monoisotopic (exact) mass is 320 g/mol. The molecule has 0 spiro atoms. The Balaban J connectivity index is 1.92. The molecule has 7 heteroatoms. The van der Waals surface area contributed by atoms with Gasteiger partial charge < -0.3 is 9.47 Å². The van der Waals surface area contributed by atoms with E-state index in [1.807, 2.05) is 0 Å². The van der Waals surface area contributed by atoms with Gasteiger partial charge in [0.25, 0.3) is 10.2 Å². The lowest BCUT2D eigenvalue weighted by molar-refractivity contribution is 0.140. The number of hydrogen-bond acceptors (Lipinski definition) is 4. The van der Waals surface area contributed by atoms with E-state index in [0.717, 1.165) is 38.7 Å². The highest BCUT2D eigenvalue weighted by atomic mass is 32.2. The SMILES string of the molecule is COCCC1CCN(S(=O)(=O)N2CCCC2COC)CC1. The molecular formula is C14H28N2O4S. The molecule has 2 rings (SSSR count). The Morgan fingerprint density at radius 1 is 1.05 bits per heavy atom. The second-order valence-electron chi connectivity index (χ2n) is 5.99. The lowest BCUT2D eigenvalue weighted by Gasteiger charge is -2.35. The van der Waals surface area contributed by atoms with E-state index in [1.54, 1.807) is 22.8 Å². The fourth-order valence-electron chi connectivity index (χ4n) is 3.33. The van der Waals surface area contributed by atoms with Crippen LogP contribution in [0.1, 0.15) is 32.1 Å². The van der Waals surface area contributed by atoms with E-state index >= 15 is 0 Å². The first-order chi connectivity index (χ1) is 10.1. The van der Waals surface area contributed by atoms with Crippen LogP contribution in [-0.4, -0.2) is 70.1 Å². The van der Waals surface area contributed by atoms with Crippen LogP contribution in [0, 0.1) is 5.92 Å². The van der Waals surface area contributed by atoms with Crippen molar-refractivity contribution in [3.05, 3.63) is 0 Å². The summed E-state index contributed by atoms with van der Waals surface area (Å²) in [4.78, 5) is 0. The van der Waals surface area contributed by atoms with Gasteiger partial charge in [0.1, 0.15) is 0 Å². The molecule has 0 aromatic heterocycles. The Morgan fingerprint density at radius 2 is 1.76 bits per heavy atom.